The Hall–Kier alpha value is -3.59. The summed E-state index contributed by atoms with van der Waals surface area (Å²) in [5.74, 6) is -0.254. The highest BCUT2D eigenvalue weighted by molar-refractivity contribution is 7.89. The van der Waals surface area contributed by atoms with Gasteiger partial charge in [0.15, 0.2) is 0 Å². The van der Waals surface area contributed by atoms with Gasteiger partial charge >= 0.3 is 0 Å². The lowest BCUT2D eigenvalue weighted by Gasteiger charge is -2.26. The second-order valence-corrected chi connectivity index (χ2v) is 11.9. The van der Waals surface area contributed by atoms with Gasteiger partial charge in [0.25, 0.3) is 0 Å². The van der Waals surface area contributed by atoms with Gasteiger partial charge in [-0.05, 0) is 97.5 Å². The average Bonchev–Trinajstić information content (AvgIpc) is 3.38. The highest BCUT2D eigenvalue weighted by Crippen LogP contribution is 2.39. The van der Waals surface area contributed by atoms with E-state index in [1.54, 1.807) is 36.7 Å². The van der Waals surface area contributed by atoms with Crippen LogP contribution >= 0.6 is 0 Å². The Morgan fingerprint density at radius 2 is 1.72 bits per heavy atom. The Morgan fingerprint density at radius 3 is 2.36 bits per heavy atom. The fourth-order valence-electron chi connectivity index (χ4n) is 5.00. The quantitative estimate of drug-likeness (QED) is 0.275. The molecule has 1 aliphatic rings. The van der Waals surface area contributed by atoms with Gasteiger partial charge in [0.2, 0.25) is 10.0 Å². The predicted octanol–water partition coefficient (Wildman–Crippen LogP) is 5.90. The number of hydrogen-bond donors (Lipinski definition) is 2. The van der Waals surface area contributed by atoms with E-state index in [2.05, 4.69) is 31.9 Å². The van der Waals surface area contributed by atoms with Gasteiger partial charge in [-0.15, -0.1) is 0 Å². The first-order chi connectivity index (χ1) is 18.8. The maximum Gasteiger partial charge on any atom is 0.240 e. The molecule has 2 aromatic heterocycles. The molecule has 4 aromatic rings. The van der Waals surface area contributed by atoms with Crippen molar-refractivity contribution in [2.45, 2.75) is 37.6 Å². The Balaban J connectivity index is 1.29. The van der Waals surface area contributed by atoms with E-state index in [1.807, 2.05) is 38.1 Å². The van der Waals surface area contributed by atoms with E-state index >= 15 is 0 Å². The Labute approximate surface area is 229 Å². The van der Waals surface area contributed by atoms with Crippen LogP contribution in [-0.2, 0) is 16.4 Å². The minimum atomic E-state index is -3.48. The van der Waals surface area contributed by atoms with Crippen LogP contribution in [0.25, 0.3) is 28.0 Å². The Kier molecular flexibility index (Phi) is 8.07. The molecule has 0 bridgehead atoms. The Bertz CT molecular complexity index is 1540. The minimum Gasteiger partial charge on any atom is -0.360 e. The molecule has 0 saturated heterocycles. The smallest absolute Gasteiger partial charge is 0.240 e. The fraction of sp³-hybridized carbons (Fsp3) is 0.258. The van der Waals surface area contributed by atoms with Gasteiger partial charge in [0, 0.05) is 55.4 Å². The molecule has 202 valence electrons. The number of sulfonamides is 1. The van der Waals surface area contributed by atoms with Crippen LogP contribution in [0.2, 0.25) is 0 Å². The van der Waals surface area contributed by atoms with E-state index in [0.717, 1.165) is 66.0 Å². The van der Waals surface area contributed by atoms with Crippen molar-refractivity contribution in [1.29, 1.82) is 0 Å². The van der Waals surface area contributed by atoms with Gasteiger partial charge in [-0.1, -0.05) is 18.2 Å². The van der Waals surface area contributed by atoms with Crippen molar-refractivity contribution >= 4 is 15.6 Å². The van der Waals surface area contributed by atoms with Crippen LogP contribution in [0.4, 0.5) is 4.39 Å². The molecule has 1 aliphatic heterocycles. The molecule has 0 fully saturated rings. The first kappa shape index (κ1) is 27.0. The Morgan fingerprint density at radius 1 is 1.00 bits per heavy atom. The lowest BCUT2D eigenvalue weighted by Crippen LogP contribution is -2.31. The molecule has 0 spiro atoms. The number of H-pyrrole nitrogens is 1. The van der Waals surface area contributed by atoms with Crippen LogP contribution < -0.4 is 4.72 Å². The van der Waals surface area contributed by atoms with E-state index in [4.69, 9.17) is 0 Å². The second kappa shape index (κ2) is 11.7. The molecular weight excluding hydrogens is 511 g/mol. The SMILES string of the molecule is CC(C)NS(=O)(=O)c1ccc(CCN2CC=C(c3c[nH]c(-c4ccc(F)cc4)c3-c3ccncc3)CC2)cc1. The molecule has 0 aliphatic carbocycles. The fourth-order valence-corrected chi connectivity index (χ4v) is 6.25. The number of benzene rings is 2. The number of nitrogens with one attached hydrogen (secondary N) is 2. The van der Waals surface area contributed by atoms with Gasteiger partial charge in [0.1, 0.15) is 5.82 Å². The summed E-state index contributed by atoms with van der Waals surface area (Å²) in [5, 5.41) is 0. The van der Waals surface area contributed by atoms with Crippen molar-refractivity contribution in [3.05, 3.63) is 102 Å². The molecule has 0 saturated carbocycles. The summed E-state index contributed by atoms with van der Waals surface area (Å²) < 4.78 is 40.9. The standard InChI is InChI=1S/C31H33FN4O2S/c1-22(2)35-39(37,38)28-9-3-23(4-10-28)13-18-36-19-14-24(15-20-36)29-21-34-31(26-5-7-27(32)8-6-26)30(29)25-11-16-33-17-12-25/h3-12,14,16-17,21-22,34-35H,13,15,18-20H2,1-2H3. The van der Waals surface area contributed by atoms with Crippen LogP contribution in [0, 0.1) is 5.82 Å². The van der Waals surface area contributed by atoms with Gasteiger partial charge < -0.3 is 4.98 Å². The van der Waals surface area contributed by atoms with E-state index in [9.17, 15) is 12.8 Å². The predicted molar refractivity (Wildman–Crippen MR) is 154 cm³/mol. The van der Waals surface area contributed by atoms with E-state index in [1.165, 1.54) is 17.7 Å². The molecule has 0 amide bonds. The molecule has 0 atom stereocenters. The van der Waals surface area contributed by atoms with Crippen LogP contribution in [0.1, 0.15) is 31.4 Å². The summed E-state index contributed by atoms with van der Waals surface area (Å²) in [7, 11) is -3.48. The third-order valence-electron chi connectivity index (χ3n) is 6.96. The number of pyridine rings is 1. The van der Waals surface area contributed by atoms with Gasteiger partial charge in [-0.2, -0.15) is 0 Å². The van der Waals surface area contributed by atoms with Crippen LogP contribution in [-0.4, -0.2) is 49.0 Å². The summed E-state index contributed by atoms with van der Waals surface area (Å²) in [4.78, 5) is 10.3. The van der Waals surface area contributed by atoms with Crippen molar-refractivity contribution in [2.24, 2.45) is 0 Å². The van der Waals surface area contributed by atoms with Crippen LogP contribution in [0.3, 0.4) is 0 Å². The van der Waals surface area contributed by atoms with Crippen LogP contribution in [0.5, 0.6) is 0 Å². The molecule has 3 heterocycles. The maximum atomic E-state index is 13.6. The first-order valence-corrected chi connectivity index (χ1v) is 14.7. The van der Waals surface area contributed by atoms with Crippen LogP contribution in [0.15, 0.2) is 90.2 Å². The average molecular weight is 545 g/mol. The summed E-state index contributed by atoms with van der Waals surface area (Å²) in [6.07, 6.45) is 9.69. The van der Waals surface area contributed by atoms with E-state index < -0.39 is 10.0 Å². The lowest BCUT2D eigenvalue weighted by atomic mass is 9.92. The molecule has 39 heavy (non-hydrogen) atoms. The van der Waals surface area contributed by atoms with Gasteiger partial charge in [0.05, 0.1) is 10.6 Å². The van der Waals surface area contributed by atoms with E-state index in [-0.39, 0.29) is 11.9 Å². The number of halogens is 1. The number of aromatic amines is 1. The topological polar surface area (TPSA) is 78.1 Å². The first-order valence-electron chi connectivity index (χ1n) is 13.2. The van der Waals surface area contributed by atoms with E-state index in [0.29, 0.717) is 4.90 Å². The zero-order valence-corrected chi connectivity index (χ0v) is 23.0. The molecule has 2 aromatic carbocycles. The molecular formula is C31H33FN4O2S. The molecule has 2 N–H and O–H groups in total. The highest BCUT2D eigenvalue weighted by Gasteiger charge is 2.21. The number of hydrogen-bond acceptors (Lipinski definition) is 4. The third-order valence-corrected chi connectivity index (χ3v) is 8.64. The summed E-state index contributed by atoms with van der Waals surface area (Å²) in [6.45, 7) is 6.29. The summed E-state index contributed by atoms with van der Waals surface area (Å²) >= 11 is 0. The van der Waals surface area contributed by atoms with Gasteiger partial charge in [-0.3, -0.25) is 9.88 Å². The number of rotatable bonds is 9. The van der Waals surface area contributed by atoms with Crippen molar-refractivity contribution in [3.63, 3.8) is 0 Å². The van der Waals surface area contributed by atoms with Crippen molar-refractivity contribution < 1.29 is 12.8 Å². The monoisotopic (exact) mass is 544 g/mol. The maximum absolute atomic E-state index is 13.6. The summed E-state index contributed by atoms with van der Waals surface area (Å²) in [5.41, 5.74) is 7.63. The molecule has 8 heteroatoms. The minimum absolute atomic E-state index is 0.145. The van der Waals surface area contributed by atoms with Crippen molar-refractivity contribution in [3.8, 4) is 22.4 Å². The molecule has 0 unspecified atom stereocenters. The molecule has 5 rings (SSSR count). The zero-order valence-electron chi connectivity index (χ0n) is 22.2. The van der Waals surface area contributed by atoms with Crippen molar-refractivity contribution in [2.75, 3.05) is 19.6 Å². The summed E-state index contributed by atoms with van der Waals surface area (Å²) in [6, 6.07) is 17.6. The molecule has 0 radical (unpaired) electrons. The largest absolute Gasteiger partial charge is 0.360 e. The molecule has 6 nitrogen and oxygen atoms in total. The third kappa shape index (κ3) is 6.36. The number of nitrogens with zero attached hydrogens (tertiary/aromatic N) is 2. The van der Waals surface area contributed by atoms with Gasteiger partial charge in [-0.25, -0.2) is 17.5 Å². The van der Waals surface area contributed by atoms with Crippen molar-refractivity contribution in [1.82, 2.24) is 19.6 Å². The zero-order chi connectivity index (χ0) is 27.4. The number of aromatic nitrogens is 2. The lowest BCUT2D eigenvalue weighted by molar-refractivity contribution is 0.306. The second-order valence-electron chi connectivity index (χ2n) is 10.1. The highest BCUT2D eigenvalue weighted by atomic mass is 32.2. The normalized spacial score (nSPS) is 14.5.